The zero-order valence-electron chi connectivity index (χ0n) is 22.2. The van der Waals surface area contributed by atoms with Crippen LogP contribution >= 0.6 is 0 Å². The summed E-state index contributed by atoms with van der Waals surface area (Å²) in [5, 5.41) is 4.66. The Labute approximate surface area is 218 Å². The van der Waals surface area contributed by atoms with E-state index in [1.807, 2.05) is 68.4 Å². The molecule has 1 N–H and O–H groups in total. The zero-order chi connectivity index (χ0) is 25.9. The van der Waals surface area contributed by atoms with Crippen LogP contribution < -0.4 is 10.2 Å². The zero-order valence-corrected chi connectivity index (χ0v) is 22.2. The minimum atomic E-state index is -0.0817. The molecule has 1 aliphatic carbocycles. The number of carbonyl (C=O) groups is 1. The van der Waals surface area contributed by atoms with E-state index in [0.717, 1.165) is 59.9 Å². The second kappa shape index (κ2) is 10.8. The van der Waals surface area contributed by atoms with Gasteiger partial charge in [-0.3, -0.25) is 9.78 Å². The molecule has 0 amide bonds. The van der Waals surface area contributed by atoms with E-state index in [-0.39, 0.29) is 11.7 Å². The summed E-state index contributed by atoms with van der Waals surface area (Å²) in [5.41, 5.74) is 3.02. The molecule has 2 heterocycles. The molecule has 7 nitrogen and oxygen atoms in total. The summed E-state index contributed by atoms with van der Waals surface area (Å²) in [6, 6.07) is 16.2. The monoisotopic (exact) mass is 496 g/mol. The standard InChI is InChI=1S/C30H36N6O/c1-19(20(2)28(37)27-18-31-25-11-7-8-12-26(25)33-27)17-21-13-15-22(16-14-21)32-30-34-24-10-6-5-9-23(24)29(35-30)36(3)4/h5-12,18-22H,13-17H2,1-4H3,(H,32,34,35). The number of hydrogen-bond donors (Lipinski definition) is 1. The van der Waals surface area contributed by atoms with Crippen molar-refractivity contribution in [3.8, 4) is 0 Å². The third-order valence-corrected chi connectivity index (χ3v) is 7.86. The van der Waals surface area contributed by atoms with Gasteiger partial charge in [-0.05, 0) is 68.2 Å². The van der Waals surface area contributed by atoms with Crippen molar-refractivity contribution >= 4 is 39.5 Å². The van der Waals surface area contributed by atoms with Crippen LogP contribution in [-0.4, -0.2) is 45.9 Å². The molecule has 2 unspecified atom stereocenters. The third-order valence-electron chi connectivity index (χ3n) is 7.86. The Hall–Kier alpha value is -3.61. The first-order valence-corrected chi connectivity index (χ1v) is 13.4. The van der Waals surface area contributed by atoms with Crippen molar-refractivity contribution in [3.63, 3.8) is 0 Å². The lowest BCUT2D eigenvalue weighted by molar-refractivity contribution is 0.0871. The molecule has 1 fully saturated rings. The number of para-hydroxylation sites is 3. The highest BCUT2D eigenvalue weighted by Gasteiger charge is 2.28. The van der Waals surface area contributed by atoms with Gasteiger partial charge in [0, 0.05) is 31.4 Å². The molecule has 2 aromatic heterocycles. The Morgan fingerprint density at radius 3 is 2.32 bits per heavy atom. The van der Waals surface area contributed by atoms with Gasteiger partial charge in [0.15, 0.2) is 5.78 Å². The van der Waals surface area contributed by atoms with Crippen molar-refractivity contribution < 1.29 is 4.79 Å². The number of aromatic nitrogens is 4. The van der Waals surface area contributed by atoms with E-state index >= 15 is 0 Å². The van der Waals surface area contributed by atoms with E-state index in [1.54, 1.807) is 6.20 Å². The predicted octanol–water partition coefficient (Wildman–Crippen LogP) is 6.15. The summed E-state index contributed by atoms with van der Waals surface area (Å²) in [7, 11) is 4.03. The van der Waals surface area contributed by atoms with E-state index < -0.39 is 0 Å². The molecule has 2 atom stereocenters. The second-order valence-corrected chi connectivity index (χ2v) is 10.8. The van der Waals surface area contributed by atoms with E-state index in [9.17, 15) is 4.79 Å². The molecule has 0 saturated heterocycles. The number of anilines is 2. The van der Waals surface area contributed by atoms with E-state index in [4.69, 9.17) is 9.97 Å². The van der Waals surface area contributed by atoms with Gasteiger partial charge in [0.1, 0.15) is 11.5 Å². The van der Waals surface area contributed by atoms with E-state index in [0.29, 0.717) is 29.5 Å². The number of carbonyl (C=O) groups excluding carboxylic acids is 1. The fourth-order valence-corrected chi connectivity index (χ4v) is 5.49. The van der Waals surface area contributed by atoms with Crippen molar-refractivity contribution in [2.75, 3.05) is 24.3 Å². The van der Waals surface area contributed by atoms with Crippen LogP contribution in [-0.2, 0) is 0 Å². The number of benzene rings is 2. The van der Waals surface area contributed by atoms with Gasteiger partial charge in [-0.25, -0.2) is 9.97 Å². The lowest BCUT2D eigenvalue weighted by Gasteiger charge is -2.32. The molecule has 1 aliphatic rings. The molecule has 0 aliphatic heterocycles. The average Bonchev–Trinajstić information content (AvgIpc) is 2.92. The van der Waals surface area contributed by atoms with Crippen molar-refractivity contribution in [2.24, 2.45) is 17.8 Å². The van der Waals surface area contributed by atoms with E-state index in [1.165, 1.54) is 0 Å². The number of Topliss-reactive ketones (excluding diaryl/α,β-unsaturated/α-hetero) is 1. The van der Waals surface area contributed by atoms with Crippen molar-refractivity contribution in [3.05, 3.63) is 60.4 Å². The number of fused-ring (bicyclic) bond motifs is 2. The van der Waals surface area contributed by atoms with Crippen LogP contribution in [0.4, 0.5) is 11.8 Å². The maximum atomic E-state index is 13.2. The number of rotatable bonds is 8. The smallest absolute Gasteiger partial charge is 0.225 e. The van der Waals surface area contributed by atoms with Gasteiger partial charge >= 0.3 is 0 Å². The SMILES string of the molecule is CC(CC1CCC(Nc2nc(N(C)C)c3ccccc3n2)CC1)C(C)C(=O)c1cnc2ccccc2n1. The summed E-state index contributed by atoms with van der Waals surface area (Å²) >= 11 is 0. The van der Waals surface area contributed by atoms with Crippen LogP contribution in [0.3, 0.4) is 0 Å². The molecular formula is C30H36N6O. The molecule has 1 saturated carbocycles. The number of nitrogens with one attached hydrogen (secondary N) is 1. The molecule has 0 bridgehead atoms. The number of hydrogen-bond acceptors (Lipinski definition) is 7. The van der Waals surface area contributed by atoms with Crippen LogP contribution in [0.5, 0.6) is 0 Å². The first-order valence-electron chi connectivity index (χ1n) is 13.4. The Kier molecular flexibility index (Phi) is 7.31. The minimum absolute atomic E-state index is 0.0817. The average molecular weight is 497 g/mol. The van der Waals surface area contributed by atoms with Crippen molar-refractivity contribution in [1.82, 2.24) is 19.9 Å². The van der Waals surface area contributed by atoms with Crippen LogP contribution in [0, 0.1) is 17.8 Å². The fourth-order valence-electron chi connectivity index (χ4n) is 5.49. The highest BCUT2D eigenvalue weighted by Crippen LogP contribution is 2.34. The Balaban J connectivity index is 1.17. The molecule has 192 valence electrons. The third kappa shape index (κ3) is 5.55. The van der Waals surface area contributed by atoms with E-state index in [2.05, 4.69) is 28.3 Å². The molecule has 0 spiro atoms. The Morgan fingerprint density at radius 1 is 0.919 bits per heavy atom. The van der Waals surface area contributed by atoms with Gasteiger partial charge in [0.2, 0.25) is 5.95 Å². The van der Waals surface area contributed by atoms with Gasteiger partial charge in [0.05, 0.1) is 22.7 Å². The van der Waals surface area contributed by atoms with Gasteiger partial charge in [-0.15, -0.1) is 0 Å². The minimum Gasteiger partial charge on any atom is -0.362 e. The molecule has 5 rings (SSSR count). The van der Waals surface area contributed by atoms with Gasteiger partial charge in [-0.1, -0.05) is 38.1 Å². The second-order valence-electron chi connectivity index (χ2n) is 10.8. The molecule has 2 aromatic carbocycles. The molecule has 0 radical (unpaired) electrons. The number of ketones is 1. The first-order chi connectivity index (χ1) is 17.9. The Morgan fingerprint density at radius 2 is 1.59 bits per heavy atom. The molecule has 37 heavy (non-hydrogen) atoms. The normalized spacial score (nSPS) is 19.5. The van der Waals surface area contributed by atoms with Crippen LogP contribution in [0.2, 0.25) is 0 Å². The van der Waals surface area contributed by atoms with Gasteiger partial charge in [0.25, 0.3) is 0 Å². The highest BCUT2D eigenvalue weighted by atomic mass is 16.1. The quantitative estimate of drug-likeness (QED) is 0.293. The first kappa shape index (κ1) is 25.1. The van der Waals surface area contributed by atoms with Crippen LogP contribution in [0.1, 0.15) is 56.4 Å². The summed E-state index contributed by atoms with van der Waals surface area (Å²) in [5.74, 6) is 2.57. The maximum absolute atomic E-state index is 13.2. The largest absolute Gasteiger partial charge is 0.362 e. The van der Waals surface area contributed by atoms with Crippen molar-refractivity contribution in [1.29, 1.82) is 0 Å². The number of nitrogens with zero attached hydrogens (tertiary/aromatic N) is 5. The van der Waals surface area contributed by atoms with Crippen LogP contribution in [0.25, 0.3) is 21.9 Å². The molecule has 4 aromatic rings. The summed E-state index contributed by atoms with van der Waals surface area (Å²) < 4.78 is 0. The molecule has 7 heteroatoms. The Bertz CT molecular complexity index is 1400. The van der Waals surface area contributed by atoms with Gasteiger partial charge in [-0.2, -0.15) is 4.98 Å². The summed E-state index contributed by atoms with van der Waals surface area (Å²) in [6.45, 7) is 4.24. The van der Waals surface area contributed by atoms with Crippen LogP contribution in [0.15, 0.2) is 54.7 Å². The fraction of sp³-hybridized carbons (Fsp3) is 0.433. The maximum Gasteiger partial charge on any atom is 0.225 e. The highest BCUT2D eigenvalue weighted by molar-refractivity contribution is 5.97. The molecular weight excluding hydrogens is 460 g/mol. The topological polar surface area (TPSA) is 83.9 Å². The summed E-state index contributed by atoms with van der Waals surface area (Å²) in [6.07, 6.45) is 7.14. The lowest BCUT2D eigenvalue weighted by Crippen LogP contribution is -2.29. The summed E-state index contributed by atoms with van der Waals surface area (Å²) in [4.78, 5) is 33.8. The predicted molar refractivity (Wildman–Crippen MR) is 150 cm³/mol. The van der Waals surface area contributed by atoms with Gasteiger partial charge < -0.3 is 10.2 Å². The lowest BCUT2D eigenvalue weighted by atomic mass is 9.77. The van der Waals surface area contributed by atoms with Crippen molar-refractivity contribution in [2.45, 2.75) is 52.0 Å².